The summed E-state index contributed by atoms with van der Waals surface area (Å²) in [7, 11) is -3.30. The second-order valence-electron chi connectivity index (χ2n) is 6.32. The van der Waals surface area contributed by atoms with Crippen LogP contribution in [0.1, 0.15) is 35.7 Å². The first-order valence-electron chi connectivity index (χ1n) is 8.42. The van der Waals surface area contributed by atoms with Crippen LogP contribution < -0.4 is 0 Å². The minimum Gasteiger partial charge on any atom is -0.480 e. The number of nitrogens with zero attached hydrogens (tertiary/aromatic N) is 2. The van der Waals surface area contributed by atoms with E-state index in [9.17, 15) is 22.4 Å². The van der Waals surface area contributed by atoms with E-state index in [0.29, 0.717) is 18.4 Å². The zero-order valence-electron chi connectivity index (χ0n) is 14.8. The van der Waals surface area contributed by atoms with E-state index in [2.05, 4.69) is 0 Å². The molecule has 1 saturated heterocycles. The van der Waals surface area contributed by atoms with Crippen LogP contribution >= 0.6 is 0 Å². The van der Waals surface area contributed by atoms with Crippen molar-refractivity contribution in [3.05, 3.63) is 35.1 Å². The normalized spacial score (nSPS) is 16.4. The van der Waals surface area contributed by atoms with E-state index in [1.54, 1.807) is 6.92 Å². The van der Waals surface area contributed by atoms with E-state index in [0.717, 1.165) is 0 Å². The molecule has 0 unspecified atom stereocenters. The van der Waals surface area contributed by atoms with Gasteiger partial charge in [-0.15, -0.1) is 0 Å². The molecule has 1 aromatic carbocycles. The minimum atomic E-state index is -3.30. The third-order valence-corrected chi connectivity index (χ3v) is 6.48. The third kappa shape index (κ3) is 4.59. The Bertz CT molecular complexity index is 788. The molecule has 1 N–H and O–H groups in total. The highest BCUT2D eigenvalue weighted by molar-refractivity contribution is 7.89. The first kappa shape index (κ1) is 20.3. The second-order valence-corrected chi connectivity index (χ2v) is 8.58. The molecule has 26 heavy (non-hydrogen) atoms. The minimum absolute atomic E-state index is 0.00426. The van der Waals surface area contributed by atoms with Crippen LogP contribution in [0.2, 0.25) is 0 Å². The highest BCUT2D eigenvalue weighted by Crippen LogP contribution is 2.22. The second kappa shape index (κ2) is 8.13. The van der Waals surface area contributed by atoms with Gasteiger partial charge in [0, 0.05) is 24.7 Å². The quantitative estimate of drug-likeness (QED) is 0.799. The molecule has 1 fully saturated rings. The summed E-state index contributed by atoms with van der Waals surface area (Å²) < 4.78 is 38.7. The number of sulfonamides is 1. The predicted octanol–water partition coefficient (Wildman–Crippen LogP) is 1.48. The van der Waals surface area contributed by atoms with Crippen LogP contribution in [0.4, 0.5) is 4.39 Å². The smallest absolute Gasteiger partial charge is 0.323 e. The lowest BCUT2D eigenvalue weighted by molar-refractivity contribution is -0.138. The van der Waals surface area contributed by atoms with Gasteiger partial charge in [-0.2, -0.15) is 0 Å². The van der Waals surface area contributed by atoms with Crippen molar-refractivity contribution < 1.29 is 27.5 Å². The lowest BCUT2D eigenvalue weighted by Gasteiger charge is -2.37. The first-order valence-corrected chi connectivity index (χ1v) is 10.0. The van der Waals surface area contributed by atoms with Crippen molar-refractivity contribution in [2.75, 3.05) is 25.4 Å². The molecular formula is C17H23FN2O5S. The summed E-state index contributed by atoms with van der Waals surface area (Å²) in [4.78, 5) is 25.2. The van der Waals surface area contributed by atoms with Gasteiger partial charge in [0.2, 0.25) is 10.0 Å². The number of piperidine rings is 1. The molecule has 1 heterocycles. The van der Waals surface area contributed by atoms with Gasteiger partial charge in [-0.05, 0) is 50.5 Å². The molecule has 7 nitrogen and oxygen atoms in total. The molecular weight excluding hydrogens is 363 g/mol. The Balaban J connectivity index is 2.19. The fourth-order valence-electron chi connectivity index (χ4n) is 3.07. The molecule has 144 valence electrons. The van der Waals surface area contributed by atoms with Gasteiger partial charge in [0.15, 0.2) is 0 Å². The Morgan fingerprint density at radius 3 is 2.42 bits per heavy atom. The van der Waals surface area contributed by atoms with Crippen LogP contribution in [0, 0.1) is 12.7 Å². The van der Waals surface area contributed by atoms with Crippen LogP contribution in [0.5, 0.6) is 0 Å². The van der Waals surface area contributed by atoms with Gasteiger partial charge in [0.1, 0.15) is 12.4 Å². The van der Waals surface area contributed by atoms with E-state index in [1.165, 1.54) is 34.3 Å². The monoisotopic (exact) mass is 386 g/mol. The number of benzene rings is 1. The number of carboxylic acids is 1. The summed E-state index contributed by atoms with van der Waals surface area (Å²) in [5.41, 5.74) is 0.517. The van der Waals surface area contributed by atoms with Gasteiger partial charge in [-0.1, -0.05) is 0 Å². The highest BCUT2D eigenvalue weighted by atomic mass is 32.2. The first-order chi connectivity index (χ1) is 12.2. The maximum absolute atomic E-state index is 13.4. The van der Waals surface area contributed by atoms with Crippen LogP contribution in [-0.4, -0.2) is 66.0 Å². The molecule has 1 amide bonds. The number of carbonyl (C=O) groups is 2. The summed E-state index contributed by atoms with van der Waals surface area (Å²) in [5.74, 6) is -2.08. The lowest BCUT2D eigenvalue weighted by Crippen LogP contribution is -2.50. The summed E-state index contributed by atoms with van der Waals surface area (Å²) >= 11 is 0. The molecule has 0 saturated carbocycles. The fraction of sp³-hybridized carbons (Fsp3) is 0.529. The van der Waals surface area contributed by atoms with Crippen molar-refractivity contribution >= 4 is 21.9 Å². The Morgan fingerprint density at radius 2 is 1.92 bits per heavy atom. The number of carbonyl (C=O) groups excluding carboxylic acids is 1. The number of aryl methyl sites for hydroxylation is 1. The Hall–Kier alpha value is -2.00. The maximum atomic E-state index is 13.4. The highest BCUT2D eigenvalue weighted by Gasteiger charge is 2.33. The summed E-state index contributed by atoms with van der Waals surface area (Å²) in [6, 6.07) is 3.52. The molecule has 2 rings (SSSR count). The van der Waals surface area contributed by atoms with Crippen molar-refractivity contribution in [1.29, 1.82) is 0 Å². The van der Waals surface area contributed by atoms with Gasteiger partial charge in [0.25, 0.3) is 5.91 Å². The molecule has 0 bridgehead atoms. The van der Waals surface area contributed by atoms with Crippen LogP contribution in [0.25, 0.3) is 0 Å². The molecule has 0 radical (unpaired) electrons. The van der Waals surface area contributed by atoms with E-state index >= 15 is 0 Å². The number of rotatable bonds is 6. The number of amides is 1. The predicted molar refractivity (Wildman–Crippen MR) is 93.9 cm³/mol. The Labute approximate surface area is 152 Å². The van der Waals surface area contributed by atoms with E-state index in [-0.39, 0.29) is 30.4 Å². The van der Waals surface area contributed by atoms with Crippen LogP contribution in [0.3, 0.4) is 0 Å². The van der Waals surface area contributed by atoms with E-state index < -0.39 is 34.3 Å². The number of carboxylic acid groups (broad SMARTS) is 1. The van der Waals surface area contributed by atoms with Crippen molar-refractivity contribution in [3.63, 3.8) is 0 Å². The Kier molecular flexibility index (Phi) is 6.35. The fourth-order valence-corrected chi connectivity index (χ4v) is 4.20. The van der Waals surface area contributed by atoms with Crippen molar-refractivity contribution in [2.45, 2.75) is 32.7 Å². The lowest BCUT2D eigenvalue weighted by atomic mass is 10.0. The molecule has 1 aromatic rings. The maximum Gasteiger partial charge on any atom is 0.323 e. The van der Waals surface area contributed by atoms with Crippen molar-refractivity contribution in [2.24, 2.45) is 0 Å². The molecule has 0 spiro atoms. The molecule has 0 aliphatic carbocycles. The van der Waals surface area contributed by atoms with Gasteiger partial charge in [-0.25, -0.2) is 17.1 Å². The van der Waals surface area contributed by atoms with Gasteiger partial charge in [0.05, 0.1) is 5.75 Å². The third-order valence-electron chi connectivity index (χ3n) is 4.59. The van der Waals surface area contributed by atoms with E-state index in [1.807, 2.05) is 0 Å². The zero-order chi connectivity index (χ0) is 19.5. The number of aliphatic carboxylic acids is 1. The molecule has 9 heteroatoms. The average molecular weight is 386 g/mol. The average Bonchev–Trinajstić information content (AvgIpc) is 2.61. The number of halogens is 1. The topological polar surface area (TPSA) is 95.0 Å². The largest absolute Gasteiger partial charge is 0.480 e. The van der Waals surface area contributed by atoms with Gasteiger partial charge >= 0.3 is 5.97 Å². The summed E-state index contributed by atoms with van der Waals surface area (Å²) in [5, 5.41) is 9.17. The van der Waals surface area contributed by atoms with Crippen LogP contribution in [-0.2, 0) is 14.8 Å². The number of hydrogen-bond acceptors (Lipinski definition) is 4. The standard InChI is InChI=1S/C17H23FN2O5S/c1-3-26(24,25)19-8-6-14(7-9-19)20(11-16(21)22)17(23)13-4-5-15(18)12(2)10-13/h4-5,10,14H,3,6-9,11H2,1-2H3,(H,21,22). The molecule has 1 aliphatic heterocycles. The summed E-state index contributed by atoms with van der Waals surface area (Å²) in [6.45, 7) is 3.10. The van der Waals surface area contributed by atoms with Crippen molar-refractivity contribution in [3.8, 4) is 0 Å². The van der Waals surface area contributed by atoms with Crippen molar-refractivity contribution in [1.82, 2.24) is 9.21 Å². The molecule has 0 atom stereocenters. The zero-order valence-corrected chi connectivity index (χ0v) is 15.6. The number of hydrogen-bond donors (Lipinski definition) is 1. The van der Waals surface area contributed by atoms with Crippen LogP contribution in [0.15, 0.2) is 18.2 Å². The Morgan fingerprint density at radius 1 is 1.31 bits per heavy atom. The van der Waals surface area contributed by atoms with Gasteiger partial charge < -0.3 is 10.0 Å². The van der Waals surface area contributed by atoms with Gasteiger partial charge in [-0.3, -0.25) is 9.59 Å². The molecule has 0 aromatic heterocycles. The van der Waals surface area contributed by atoms with E-state index in [4.69, 9.17) is 5.11 Å². The SMILES string of the molecule is CCS(=O)(=O)N1CCC(N(CC(=O)O)C(=O)c2ccc(F)c(C)c2)CC1. The molecule has 1 aliphatic rings. The summed E-state index contributed by atoms with van der Waals surface area (Å²) in [6.07, 6.45) is 0.719.